The number of hydrazone groups is 1. The highest BCUT2D eigenvalue weighted by atomic mass is 35.5. The zero-order chi connectivity index (χ0) is 14.8. The van der Waals surface area contributed by atoms with Crippen LogP contribution in [-0.4, -0.2) is 31.5 Å². The highest BCUT2D eigenvalue weighted by Gasteiger charge is 2.23. The van der Waals surface area contributed by atoms with Crippen LogP contribution in [-0.2, 0) is 10.0 Å². The Labute approximate surface area is 128 Å². The number of benzene rings is 1. The van der Waals surface area contributed by atoms with Gasteiger partial charge in [-0.05, 0) is 30.2 Å². The predicted octanol–water partition coefficient (Wildman–Crippen LogP) is 2.95. The summed E-state index contributed by atoms with van der Waals surface area (Å²) in [5, 5.41) is 5.33. The molecule has 1 aromatic carbocycles. The molecule has 1 aliphatic heterocycles. The molecule has 0 saturated heterocycles. The highest BCUT2D eigenvalue weighted by Crippen LogP contribution is 2.23. The first-order chi connectivity index (χ1) is 9.44. The lowest BCUT2D eigenvalue weighted by molar-refractivity contribution is 0.447. The van der Waals surface area contributed by atoms with Crippen molar-refractivity contribution in [3.63, 3.8) is 0 Å². The highest BCUT2D eigenvalue weighted by molar-refractivity contribution is 7.90. The van der Waals surface area contributed by atoms with Gasteiger partial charge in [-0.25, -0.2) is 5.01 Å². The van der Waals surface area contributed by atoms with E-state index in [1.54, 1.807) is 18.3 Å². The van der Waals surface area contributed by atoms with E-state index in [-0.39, 0.29) is 21.1 Å². The number of sulfonamides is 1. The third-order valence-electron chi connectivity index (χ3n) is 2.87. The van der Waals surface area contributed by atoms with Crippen LogP contribution in [0.25, 0.3) is 0 Å². The summed E-state index contributed by atoms with van der Waals surface area (Å²) in [4.78, 5) is -0.0740. The number of nitrogens with zero attached hydrogens (tertiary/aromatic N) is 3. The lowest BCUT2D eigenvalue weighted by Crippen LogP contribution is -2.23. The maximum atomic E-state index is 12.1. The molecule has 2 rings (SSSR count). The van der Waals surface area contributed by atoms with Gasteiger partial charge in [0.1, 0.15) is 4.90 Å². The van der Waals surface area contributed by atoms with E-state index < -0.39 is 10.0 Å². The van der Waals surface area contributed by atoms with Gasteiger partial charge in [0.25, 0.3) is 10.0 Å². The molecule has 0 spiro atoms. The van der Waals surface area contributed by atoms with Crippen LogP contribution in [0.1, 0.15) is 13.3 Å². The summed E-state index contributed by atoms with van der Waals surface area (Å²) >= 11 is 11.8. The van der Waals surface area contributed by atoms with E-state index in [0.717, 1.165) is 6.42 Å². The predicted molar refractivity (Wildman–Crippen MR) is 80.9 cm³/mol. The lowest BCUT2D eigenvalue weighted by atomic mass is 10.1. The van der Waals surface area contributed by atoms with Crippen molar-refractivity contribution in [2.45, 2.75) is 18.2 Å². The molecule has 5 nitrogen and oxygen atoms in total. The fourth-order valence-electron chi connectivity index (χ4n) is 1.70. The second-order valence-electron chi connectivity index (χ2n) is 4.28. The topological polar surface area (TPSA) is 62.1 Å². The summed E-state index contributed by atoms with van der Waals surface area (Å²) in [6, 6.07) is 6.08. The maximum Gasteiger partial charge on any atom is 0.286 e. The van der Waals surface area contributed by atoms with Gasteiger partial charge in [0.05, 0.1) is 11.6 Å². The molecule has 1 heterocycles. The van der Waals surface area contributed by atoms with Crippen molar-refractivity contribution in [3.8, 4) is 0 Å². The van der Waals surface area contributed by atoms with Crippen LogP contribution in [0.2, 0.25) is 5.02 Å². The number of halogens is 2. The lowest BCUT2D eigenvalue weighted by Gasteiger charge is -2.12. The average molecular weight is 334 g/mol. The van der Waals surface area contributed by atoms with Crippen LogP contribution in [0.4, 0.5) is 0 Å². The standard InChI is InChI=1S/C12H13Cl2N3O2S/c1-2-9-7-15-17(8-9)12(14)16-20(18,19)11-6-4-3-5-10(11)13/h3-7,9H,2,8H2,1H3. The SMILES string of the molecule is CCC1C=NN(C(Cl)=NS(=O)(=O)c2ccccc2Cl)C1. The van der Waals surface area contributed by atoms with E-state index >= 15 is 0 Å². The van der Waals surface area contributed by atoms with Crippen LogP contribution in [0.15, 0.2) is 38.7 Å². The van der Waals surface area contributed by atoms with E-state index in [9.17, 15) is 8.42 Å². The molecule has 0 fully saturated rings. The van der Waals surface area contributed by atoms with Gasteiger partial charge >= 0.3 is 0 Å². The van der Waals surface area contributed by atoms with Gasteiger partial charge in [0.15, 0.2) is 0 Å². The van der Waals surface area contributed by atoms with Crippen LogP contribution in [0.3, 0.4) is 0 Å². The minimum absolute atomic E-state index is 0.0740. The molecular weight excluding hydrogens is 321 g/mol. The molecule has 20 heavy (non-hydrogen) atoms. The van der Waals surface area contributed by atoms with E-state index in [1.807, 2.05) is 6.92 Å². The van der Waals surface area contributed by atoms with Gasteiger partial charge < -0.3 is 0 Å². The minimum atomic E-state index is -3.94. The molecule has 0 aromatic heterocycles. The summed E-state index contributed by atoms with van der Waals surface area (Å²) in [5.74, 6) is 0.252. The van der Waals surface area contributed by atoms with Crippen LogP contribution in [0, 0.1) is 5.92 Å². The summed E-state index contributed by atoms with van der Waals surface area (Å²) in [6.07, 6.45) is 2.64. The Bertz CT molecular complexity index is 658. The molecule has 0 amide bonds. The van der Waals surface area contributed by atoms with Gasteiger partial charge in [0, 0.05) is 12.1 Å². The molecular formula is C12H13Cl2N3O2S. The van der Waals surface area contributed by atoms with E-state index in [0.29, 0.717) is 6.54 Å². The summed E-state index contributed by atoms with van der Waals surface area (Å²) < 4.78 is 27.8. The number of hydrogen-bond acceptors (Lipinski definition) is 3. The Hall–Kier alpha value is -1.11. The van der Waals surface area contributed by atoms with Gasteiger partial charge in [0.2, 0.25) is 5.29 Å². The quantitative estimate of drug-likeness (QED) is 0.485. The zero-order valence-electron chi connectivity index (χ0n) is 10.7. The Balaban J connectivity index is 2.26. The van der Waals surface area contributed by atoms with Gasteiger partial charge in [-0.3, -0.25) is 0 Å². The van der Waals surface area contributed by atoms with Gasteiger partial charge in [-0.15, -0.1) is 4.40 Å². The second kappa shape index (κ2) is 6.11. The Morgan fingerprint density at radius 1 is 1.50 bits per heavy atom. The number of hydrogen-bond donors (Lipinski definition) is 0. The van der Waals surface area contributed by atoms with Crippen molar-refractivity contribution in [2.24, 2.45) is 15.4 Å². The Morgan fingerprint density at radius 2 is 2.20 bits per heavy atom. The van der Waals surface area contributed by atoms with E-state index in [1.165, 1.54) is 17.1 Å². The fraction of sp³-hybridized carbons (Fsp3) is 0.333. The molecule has 1 aliphatic rings. The van der Waals surface area contributed by atoms with Crippen LogP contribution < -0.4 is 0 Å². The molecule has 8 heteroatoms. The molecule has 0 bridgehead atoms. The van der Waals surface area contributed by atoms with Crippen molar-refractivity contribution in [2.75, 3.05) is 6.54 Å². The first-order valence-electron chi connectivity index (χ1n) is 6.00. The zero-order valence-corrected chi connectivity index (χ0v) is 13.0. The first kappa shape index (κ1) is 15.3. The molecule has 0 radical (unpaired) electrons. The molecule has 0 aliphatic carbocycles. The number of rotatable bonds is 3. The molecule has 1 aromatic rings. The first-order valence-corrected chi connectivity index (χ1v) is 8.20. The Morgan fingerprint density at radius 3 is 2.80 bits per heavy atom. The van der Waals surface area contributed by atoms with E-state index in [2.05, 4.69) is 9.50 Å². The third kappa shape index (κ3) is 3.31. The largest absolute Gasteiger partial charge is 0.286 e. The van der Waals surface area contributed by atoms with Crippen LogP contribution in [0.5, 0.6) is 0 Å². The molecule has 108 valence electrons. The van der Waals surface area contributed by atoms with Crippen LogP contribution >= 0.6 is 23.2 Å². The van der Waals surface area contributed by atoms with Crippen molar-refractivity contribution < 1.29 is 8.42 Å². The molecule has 0 N–H and O–H groups in total. The van der Waals surface area contributed by atoms with Crippen molar-refractivity contribution in [1.29, 1.82) is 0 Å². The van der Waals surface area contributed by atoms with Crippen molar-refractivity contribution in [1.82, 2.24) is 5.01 Å². The normalized spacial score (nSPS) is 19.6. The van der Waals surface area contributed by atoms with Gasteiger partial charge in [-0.2, -0.15) is 13.5 Å². The average Bonchev–Trinajstić information content (AvgIpc) is 2.87. The second-order valence-corrected chi connectivity index (χ2v) is 6.60. The van der Waals surface area contributed by atoms with Crippen molar-refractivity contribution >= 4 is 44.7 Å². The van der Waals surface area contributed by atoms with Gasteiger partial charge in [-0.1, -0.05) is 30.7 Å². The maximum absolute atomic E-state index is 12.1. The summed E-state index contributed by atoms with van der Waals surface area (Å²) in [5.41, 5.74) is 0. The minimum Gasteiger partial charge on any atom is -0.237 e. The molecule has 0 saturated carbocycles. The summed E-state index contributed by atoms with van der Waals surface area (Å²) in [6.45, 7) is 2.54. The monoisotopic (exact) mass is 333 g/mol. The molecule has 1 unspecified atom stereocenters. The van der Waals surface area contributed by atoms with E-state index in [4.69, 9.17) is 23.2 Å². The van der Waals surface area contributed by atoms with Crippen molar-refractivity contribution in [3.05, 3.63) is 29.3 Å². The molecule has 1 atom stereocenters. The smallest absolute Gasteiger partial charge is 0.237 e. The third-order valence-corrected chi connectivity index (χ3v) is 5.02. The Kier molecular flexibility index (Phi) is 4.67. The summed E-state index contributed by atoms with van der Waals surface area (Å²) in [7, 11) is -3.94. The fourth-order valence-corrected chi connectivity index (χ4v) is 3.47. The number of amidine groups is 1.